The fraction of sp³-hybridized carbons (Fsp3) is 0. The van der Waals surface area contributed by atoms with E-state index < -0.39 is 0 Å². The topological polar surface area (TPSA) is 69.3 Å². The number of hydrogen-bond donors (Lipinski definition) is 1. The molecule has 0 amide bonds. The number of hydrogen-bond acceptors (Lipinski definition) is 4. The highest BCUT2D eigenvalue weighted by molar-refractivity contribution is 5.58. The molecule has 0 atom stereocenters. The van der Waals surface area contributed by atoms with E-state index in [9.17, 15) is 0 Å². The minimum Gasteiger partial charge on any atom is -0.461 e. The van der Waals surface area contributed by atoms with Gasteiger partial charge < -0.3 is 10.2 Å². The Bertz CT molecular complexity index is 597. The molecule has 2 N–H and O–H groups in total. The zero-order chi connectivity index (χ0) is 10.3. The van der Waals surface area contributed by atoms with Crippen LogP contribution in [0.25, 0.3) is 17.2 Å². The summed E-state index contributed by atoms with van der Waals surface area (Å²) in [6.07, 6.45) is 1.59. The van der Waals surface area contributed by atoms with Crippen LogP contribution in [0.5, 0.6) is 0 Å². The number of anilines is 1. The molecule has 5 heteroatoms. The predicted octanol–water partition coefficient (Wildman–Crippen LogP) is 1.57. The molecule has 74 valence electrons. The zero-order valence-electron chi connectivity index (χ0n) is 7.79. The summed E-state index contributed by atoms with van der Waals surface area (Å²) in [6, 6.07) is 9.10. The molecule has 15 heavy (non-hydrogen) atoms. The highest BCUT2D eigenvalue weighted by atomic mass is 16.3. The van der Waals surface area contributed by atoms with Crippen molar-refractivity contribution >= 4 is 11.5 Å². The van der Waals surface area contributed by atoms with Gasteiger partial charge in [0, 0.05) is 0 Å². The molecule has 0 aliphatic carbocycles. The lowest BCUT2D eigenvalue weighted by Gasteiger charge is -1.99. The van der Waals surface area contributed by atoms with E-state index in [1.54, 1.807) is 22.8 Å². The van der Waals surface area contributed by atoms with Crippen molar-refractivity contribution in [1.29, 1.82) is 0 Å². The van der Waals surface area contributed by atoms with Crippen molar-refractivity contribution in [2.75, 3.05) is 5.73 Å². The number of rotatable bonds is 1. The molecule has 0 radical (unpaired) electrons. The largest absolute Gasteiger partial charge is 0.461 e. The first-order chi connectivity index (χ1) is 7.36. The summed E-state index contributed by atoms with van der Waals surface area (Å²) in [5.74, 6) is 1.86. The molecule has 0 fully saturated rings. The number of furan rings is 1. The van der Waals surface area contributed by atoms with Crippen LogP contribution >= 0.6 is 0 Å². The van der Waals surface area contributed by atoms with Crippen LogP contribution in [0.15, 0.2) is 41.0 Å². The van der Waals surface area contributed by atoms with Crippen LogP contribution in [0.3, 0.4) is 0 Å². The summed E-state index contributed by atoms with van der Waals surface area (Å²) in [7, 11) is 0. The van der Waals surface area contributed by atoms with Crippen molar-refractivity contribution in [1.82, 2.24) is 14.6 Å². The Morgan fingerprint density at radius 2 is 2.07 bits per heavy atom. The molecule has 5 nitrogen and oxygen atoms in total. The van der Waals surface area contributed by atoms with Crippen LogP contribution in [0, 0.1) is 0 Å². The number of aromatic nitrogens is 3. The van der Waals surface area contributed by atoms with Gasteiger partial charge in [0.1, 0.15) is 5.82 Å². The Morgan fingerprint density at radius 3 is 2.87 bits per heavy atom. The van der Waals surface area contributed by atoms with Crippen LogP contribution in [-0.2, 0) is 0 Å². The van der Waals surface area contributed by atoms with Crippen molar-refractivity contribution < 1.29 is 4.42 Å². The van der Waals surface area contributed by atoms with E-state index in [0.29, 0.717) is 23.0 Å². The lowest BCUT2D eigenvalue weighted by atomic mass is 10.4. The van der Waals surface area contributed by atoms with E-state index in [2.05, 4.69) is 10.2 Å². The van der Waals surface area contributed by atoms with Gasteiger partial charge in [-0.1, -0.05) is 6.07 Å². The number of nitrogen functional groups attached to an aromatic ring is 1. The van der Waals surface area contributed by atoms with Gasteiger partial charge in [-0.15, -0.1) is 10.2 Å². The summed E-state index contributed by atoms with van der Waals surface area (Å²) < 4.78 is 7.01. The zero-order valence-corrected chi connectivity index (χ0v) is 7.79. The van der Waals surface area contributed by atoms with Crippen LogP contribution in [0.1, 0.15) is 0 Å². The van der Waals surface area contributed by atoms with Crippen LogP contribution in [-0.4, -0.2) is 14.6 Å². The van der Waals surface area contributed by atoms with Crippen LogP contribution in [0.4, 0.5) is 5.82 Å². The van der Waals surface area contributed by atoms with Crippen molar-refractivity contribution in [2.24, 2.45) is 0 Å². The molecule has 3 aromatic rings. The van der Waals surface area contributed by atoms with Gasteiger partial charge in [0.05, 0.1) is 6.26 Å². The Labute approximate surface area is 85.1 Å². The second kappa shape index (κ2) is 2.84. The van der Waals surface area contributed by atoms with E-state index in [1.165, 1.54) is 0 Å². The average molecular weight is 200 g/mol. The second-order valence-corrected chi connectivity index (χ2v) is 3.15. The van der Waals surface area contributed by atoms with Gasteiger partial charge in [-0.05, 0) is 24.3 Å². The summed E-state index contributed by atoms with van der Waals surface area (Å²) in [5.41, 5.74) is 6.56. The minimum atomic E-state index is 0.587. The molecule has 0 aliphatic heterocycles. The van der Waals surface area contributed by atoms with Crippen molar-refractivity contribution in [3.63, 3.8) is 0 Å². The van der Waals surface area contributed by atoms with E-state index in [4.69, 9.17) is 10.2 Å². The Kier molecular flexibility index (Phi) is 1.53. The molecule has 0 spiro atoms. The van der Waals surface area contributed by atoms with E-state index in [1.807, 2.05) is 18.2 Å². The van der Waals surface area contributed by atoms with Gasteiger partial charge in [0.25, 0.3) is 0 Å². The second-order valence-electron chi connectivity index (χ2n) is 3.15. The highest BCUT2D eigenvalue weighted by Crippen LogP contribution is 2.20. The number of nitrogens with two attached hydrogens (primary N) is 1. The fourth-order valence-electron chi connectivity index (χ4n) is 1.53. The lowest BCUT2D eigenvalue weighted by molar-refractivity contribution is 0.576. The van der Waals surface area contributed by atoms with Crippen LogP contribution < -0.4 is 5.73 Å². The third-order valence-corrected chi connectivity index (χ3v) is 2.20. The van der Waals surface area contributed by atoms with Crippen molar-refractivity contribution in [3.8, 4) is 11.6 Å². The summed E-state index contributed by atoms with van der Waals surface area (Å²) >= 11 is 0. The third kappa shape index (κ3) is 1.10. The summed E-state index contributed by atoms with van der Waals surface area (Å²) in [4.78, 5) is 0. The van der Waals surface area contributed by atoms with Crippen LogP contribution in [0.2, 0.25) is 0 Å². The Hall–Kier alpha value is -2.30. The molecule has 0 aromatic carbocycles. The highest BCUT2D eigenvalue weighted by Gasteiger charge is 2.11. The Morgan fingerprint density at radius 1 is 1.13 bits per heavy atom. The first-order valence-electron chi connectivity index (χ1n) is 4.50. The van der Waals surface area contributed by atoms with E-state index in [-0.39, 0.29) is 0 Å². The molecule has 0 bridgehead atoms. The van der Waals surface area contributed by atoms with Crippen molar-refractivity contribution in [2.45, 2.75) is 0 Å². The maximum Gasteiger partial charge on any atom is 0.205 e. The molecule has 3 heterocycles. The molecule has 0 unspecified atom stereocenters. The molecule has 0 saturated carbocycles. The third-order valence-electron chi connectivity index (χ3n) is 2.20. The summed E-state index contributed by atoms with van der Waals surface area (Å²) in [6.45, 7) is 0. The lowest BCUT2D eigenvalue weighted by Crippen LogP contribution is -1.97. The fourth-order valence-corrected chi connectivity index (χ4v) is 1.53. The monoisotopic (exact) mass is 200 g/mol. The van der Waals surface area contributed by atoms with Gasteiger partial charge in [-0.2, -0.15) is 0 Å². The molecule has 0 saturated heterocycles. The number of nitrogens with zero attached hydrogens (tertiary/aromatic N) is 3. The quantitative estimate of drug-likeness (QED) is 0.647. The normalized spacial score (nSPS) is 10.9. The van der Waals surface area contributed by atoms with Gasteiger partial charge in [-0.3, -0.25) is 4.40 Å². The number of fused-ring (bicyclic) bond motifs is 1. The first-order valence-corrected chi connectivity index (χ1v) is 4.50. The van der Waals surface area contributed by atoms with Crippen molar-refractivity contribution in [3.05, 3.63) is 36.6 Å². The minimum absolute atomic E-state index is 0.587. The molecular formula is C10H8N4O. The SMILES string of the molecule is Nc1cccc2nnc(-c3ccco3)n12. The molecule has 3 rings (SSSR count). The van der Waals surface area contributed by atoms with E-state index in [0.717, 1.165) is 0 Å². The average Bonchev–Trinajstić information content (AvgIpc) is 2.85. The molecular weight excluding hydrogens is 192 g/mol. The standard InChI is InChI=1S/C10H8N4O/c11-8-4-1-5-9-12-13-10(14(8)9)7-3-2-6-15-7/h1-6H,11H2. The van der Waals surface area contributed by atoms with Gasteiger partial charge in [0.2, 0.25) is 5.82 Å². The first kappa shape index (κ1) is 8.05. The maximum atomic E-state index is 5.85. The van der Waals surface area contributed by atoms with Gasteiger partial charge in [0.15, 0.2) is 11.4 Å². The maximum absolute atomic E-state index is 5.85. The van der Waals surface area contributed by atoms with Gasteiger partial charge >= 0.3 is 0 Å². The predicted molar refractivity (Wildman–Crippen MR) is 55.1 cm³/mol. The van der Waals surface area contributed by atoms with E-state index >= 15 is 0 Å². The Balaban J connectivity index is 2.37. The number of pyridine rings is 1. The van der Waals surface area contributed by atoms with Gasteiger partial charge in [-0.25, -0.2) is 0 Å². The summed E-state index contributed by atoms with van der Waals surface area (Å²) in [5, 5.41) is 8.05. The molecule has 0 aliphatic rings. The smallest absolute Gasteiger partial charge is 0.205 e. The molecule has 3 aromatic heterocycles.